The van der Waals surface area contributed by atoms with Crippen LogP contribution in [0.1, 0.15) is 68.8 Å². The SMILES string of the molecule is CC(C)(C)C(=O)OC(CNC1CCCCC1)COc1cccc2c1-c1ccccc1C2=O. The Balaban J connectivity index is 1.50. The molecule has 0 bridgehead atoms. The van der Waals surface area contributed by atoms with Gasteiger partial charge >= 0.3 is 5.97 Å². The first-order valence-electron chi connectivity index (χ1n) is 11.7. The highest BCUT2D eigenvalue weighted by molar-refractivity contribution is 6.22. The fourth-order valence-corrected chi connectivity index (χ4v) is 4.41. The maximum Gasteiger partial charge on any atom is 0.311 e. The molecule has 0 aromatic heterocycles. The number of ketones is 1. The van der Waals surface area contributed by atoms with Crippen molar-refractivity contribution in [3.63, 3.8) is 0 Å². The van der Waals surface area contributed by atoms with Crippen LogP contribution in [0.2, 0.25) is 0 Å². The molecule has 0 radical (unpaired) electrons. The lowest BCUT2D eigenvalue weighted by atomic mass is 9.95. The second kappa shape index (κ2) is 9.45. The van der Waals surface area contributed by atoms with Gasteiger partial charge < -0.3 is 14.8 Å². The smallest absolute Gasteiger partial charge is 0.311 e. The molecule has 1 fully saturated rings. The monoisotopic (exact) mass is 435 g/mol. The molecule has 0 amide bonds. The van der Waals surface area contributed by atoms with Crippen molar-refractivity contribution in [2.45, 2.75) is 65.0 Å². The molecule has 1 unspecified atom stereocenters. The standard InChI is InChI=1S/C27H33NO4/c1-27(2,3)26(30)32-19(16-28-18-10-5-4-6-11-18)17-31-23-15-9-14-22-24(23)20-12-7-8-13-21(20)25(22)29/h7-9,12-15,18-19,28H,4-6,10-11,16-17H2,1-3H3. The van der Waals surface area contributed by atoms with E-state index in [-0.39, 0.29) is 18.4 Å². The Morgan fingerprint density at radius 1 is 1.00 bits per heavy atom. The molecule has 2 aliphatic carbocycles. The van der Waals surface area contributed by atoms with Gasteiger partial charge in [0.25, 0.3) is 0 Å². The van der Waals surface area contributed by atoms with Gasteiger partial charge in [-0.15, -0.1) is 0 Å². The van der Waals surface area contributed by atoms with Crippen LogP contribution in [0.3, 0.4) is 0 Å². The van der Waals surface area contributed by atoms with E-state index in [9.17, 15) is 9.59 Å². The molecule has 32 heavy (non-hydrogen) atoms. The average molecular weight is 436 g/mol. The molecule has 2 aromatic carbocycles. The molecule has 1 N–H and O–H groups in total. The van der Waals surface area contributed by atoms with Crippen molar-refractivity contribution in [2.75, 3.05) is 13.2 Å². The van der Waals surface area contributed by atoms with E-state index in [2.05, 4.69) is 5.32 Å². The van der Waals surface area contributed by atoms with Gasteiger partial charge in [0.1, 0.15) is 18.5 Å². The molecule has 0 spiro atoms. The summed E-state index contributed by atoms with van der Waals surface area (Å²) in [6.45, 7) is 6.35. The summed E-state index contributed by atoms with van der Waals surface area (Å²) >= 11 is 0. The second-order valence-electron chi connectivity index (χ2n) is 9.88. The van der Waals surface area contributed by atoms with Gasteiger partial charge in [0.2, 0.25) is 0 Å². The summed E-state index contributed by atoms with van der Waals surface area (Å²) in [4.78, 5) is 25.4. The van der Waals surface area contributed by atoms with Crippen molar-refractivity contribution in [2.24, 2.45) is 5.41 Å². The van der Waals surface area contributed by atoms with Crippen LogP contribution in [-0.4, -0.2) is 37.0 Å². The van der Waals surface area contributed by atoms with Crippen LogP contribution in [0.15, 0.2) is 42.5 Å². The van der Waals surface area contributed by atoms with Gasteiger partial charge in [-0.1, -0.05) is 55.7 Å². The van der Waals surface area contributed by atoms with Crippen molar-refractivity contribution in [3.05, 3.63) is 53.6 Å². The topological polar surface area (TPSA) is 64.6 Å². The number of carbonyl (C=O) groups excluding carboxylic acids is 2. The fraction of sp³-hybridized carbons (Fsp3) is 0.481. The van der Waals surface area contributed by atoms with Crippen LogP contribution in [-0.2, 0) is 9.53 Å². The van der Waals surface area contributed by atoms with Crippen molar-refractivity contribution < 1.29 is 19.1 Å². The molecule has 5 heteroatoms. The lowest BCUT2D eigenvalue weighted by Gasteiger charge is -2.28. The molecule has 5 nitrogen and oxygen atoms in total. The van der Waals surface area contributed by atoms with Gasteiger partial charge in [0.05, 0.1) is 5.41 Å². The van der Waals surface area contributed by atoms with Crippen LogP contribution >= 0.6 is 0 Å². The number of benzene rings is 2. The number of rotatable bonds is 7. The maximum absolute atomic E-state index is 12.8. The van der Waals surface area contributed by atoms with Gasteiger partial charge in [0.15, 0.2) is 5.78 Å². The molecule has 1 atom stereocenters. The van der Waals surface area contributed by atoms with Crippen molar-refractivity contribution in [1.29, 1.82) is 0 Å². The third kappa shape index (κ3) is 4.88. The van der Waals surface area contributed by atoms with Gasteiger partial charge in [-0.2, -0.15) is 0 Å². The minimum Gasteiger partial charge on any atom is -0.489 e. The van der Waals surface area contributed by atoms with Crippen LogP contribution in [0.25, 0.3) is 11.1 Å². The summed E-state index contributed by atoms with van der Waals surface area (Å²) in [5.41, 5.74) is 2.50. The minimum atomic E-state index is -0.581. The minimum absolute atomic E-state index is 0.0238. The van der Waals surface area contributed by atoms with Crippen molar-refractivity contribution >= 4 is 11.8 Å². The predicted molar refractivity (Wildman–Crippen MR) is 125 cm³/mol. The van der Waals surface area contributed by atoms with Crippen LogP contribution in [0.4, 0.5) is 0 Å². The lowest BCUT2D eigenvalue weighted by molar-refractivity contribution is -0.160. The number of esters is 1. The third-order valence-corrected chi connectivity index (χ3v) is 6.26. The summed E-state index contributed by atoms with van der Waals surface area (Å²) in [5, 5.41) is 3.58. The zero-order chi connectivity index (χ0) is 22.7. The first-order chi connectivity index (χ1) is 15.3. The highest BCUT2D eigenvalue weighted by atomic mass is 16.6. The molecular weight excluding hydrogens is 402 g/mol. The van der Waals surface area contributed by atoms with E-state index < -0.39 is 11.5 Å². The van der Waals surface area contributed by atoms with E-state index in [1.165, 1.54) is 19.3 Å². The Morgan fingerprint density at radius 3 is 2.41 bits per heavy atom. The lowest BCUT2D eigenvalue weighted by Crippen LogP contribution is -2.42. The maximum atomic E-state index is 12.8. The zero-order valence-corrected chi connectivity index (χ0v) is 19.3. The van der Waals surface area contributed by atoms with E-state index in [1.54, 1.807) is 0 Å². The van der Waals surface area contributed by atoms with Crippen molar-refractivity contribution in [1.82, 2.24) is 5.32 Å². The largest absolute Gasteiger partial charge is 0.489 e. The molecule has 2 aliphatic rings. The van der Waals surface area contributed by atoms with Gasteiger partial charge in [-0.25, -0.2) is 0 Å². The normalized spacial score (nSPS) is 16.9. The van der Waals surface area contributed by atoms with Gasteiger partial charge in [-0.05, 0) is 45.2 Å². The van der Waals surface area contributed by atoms with Crippen molar-refractivity contribution in [3.8, 4) is 16.9 Å². The van der Waals surface area contributed by atoms with E-state index in [0.29, 0.717) is 29.5 Å². The molecule has 170 valence electrons. The summed E-state index contributed by atoms with van der Waals surface area (Å²) in [7, 11) is 0. The fourth-order valence-electron chi connectivity index (χ4n) is 4.41. The summed E-state index contributed by atoms with van der Waals surface area (Å²) in [5.74, 6) is 0.432. The Labute approximate surface area is 190 Å². The number of fused-ring (bicyclic) bond motifs is 3. The number of nitrogens with one attached hydrogen (secondary N) is 1. The highest BCUT2D eigenvalue weighted by Gasteiger charge is 2.30. The molecule has 0 saturated heterocycles. The Hall–Kier alpha value is -2.66. The van der Waals surface area contributed by atoms with E-state index in [0.717, 1.165) is 24.0 Å². The second-order valence-corrected chi connectivity index (χ2v) is 9.88. The molecule has 2 aromatic rings. The van der Waals surface area contributed by atoms with Crippen LogP contribution in [0.5, 0.6) is 5.75 Å². The highest BCUT2D eigenvalue weighted by Crippen LogP contribution is 2.42. The van der Waals surface area contributed by atoms with E-state index in [1.807, 2.05) is 63.2 Å². The predicted octanol–water partition coefficient (Wildman–Crippen LogP) is 5.16. The van der Waals surface area contributed by atoms with Gasteiger partial charge in [0, 0.05) is 29.3 Å². The molecule has 0 heterocycles. The molecule has 1 saturated carbocycles. The van der Waals surface area contributed by atoms with E-state index in [4.69, 9.17) is 9.47 Å². The number of hydrogen-bond donors (Lipinski definition) is 1. The molecule has 0 aliphatic heterocycles. The van der Waals surface area contributed by atoms with Crippen LogP contribution < -0.4 is 10.1 Å². The Bertz CT molecular complexity index is 985. The molecular formula is C27H33NO4. The number of hydrogen-bond acceptors (Lipinski definition) is 5. The first-order valence-corrected chi connectivity index (χ1v) is 11.7. The summed E-state index contributed by atoms with van der Waals surface area (Å²) in [6.07, 6.45) is 5.68. The first kappa shape index (κ1) is 22.5. The average Bonchev–Trinajstić information content (AvgIpc) is 3.08. The third-order valence-electron chi connectivity index (χ3n) is 6.26. The molecule has 4 rings (SSSR count). The Kier molecular flexibility index (Phi) is 6.66. The summed E-state index contributed by atoms with van der Waals surface area (Å²) in [6, 6.07) is 13.6. The van der Waals surface area contributed by atoms with Crippen LogP contribution in [0, 0.1) is 5.41 Å². The number of carbonyl (C=O) groups is 2. The van der Waals surface area contributed by atoms with Gasteiger partial charge in [-0.3, -0.25) is 9.59 Å². The quantitative estimate of drug-likeness (QED) is 0.520. The summed E-state index contributed by atoms with van der Waals surface area (Å²) < 4.78 is 12.0. The Morgan fingerprint density at radius 2 is 1.69 bits per heavy atom. The number of ether oxygens (including phenoxy) is 2. The van der Waals surface area contributed by atoms with E-state index >= 15 is 0 Å². The zero-order valence-electron chi connectivity index (χ0n) is 19.3.